The van der Waals surface area contributed by atoms with E-state index in [2.05, 4.69) is 11.6 Å². The molecule has 1 aliphatic rings. The number of aliphatic hydroxyl groups is 1. The second-order valence-corrected chi connectivity index (χ2v) is 7.41. The first-order valence-electron chi connectivity index (χ1n) is 7.12. The lowest BCUT2D eigenvalue weighted by Crippen LogP contribution is -2.35. The fraction of sp³-hybridized carbons (Fsp3) is 0.714. The number of hydrogen-bond acceptors (Lipinski definition) is 4. The van der Waals surface area contributed by atoms with Gasteiger partial charge in [-0.3, -0.25) is 0 Å². The van der Waals surface area contributed by atoms with Crippen molar-refractivity contribution in [2.45, 2.75) is 57.5 Å². The van der Waals surface area contributed by atoms with Gasteiger partial charge in [0.2, 0.25) is 10.0 Å². The van der Waals surface area contributed by atoms with Gasteiger partial charge in [-0.25, -0.2) is 13.1 Å². The van der Waals surface area contributed by atoms with Crippen molar-refractivity contribution >= 4 is 10.0 Å². The van der Waals surface area contributed by atoms with Gasteiger partial charge in [0.1, 0.15) is 23.0 Å². The normalized spacial score (nSPS) is 18.6. The van der Waals surface area contributed by atoms with Crippen LogP contribution < -0.4 is 4.72 Å². The Bertz CT molecular complexity index is 556. The molecule has 0 aromatic carbocycles. The molecule has 0 aliphatic heterocycles. The van der Waals surface area contributed by atoms with Gasteiger partial charge in [0.25, 0.3) is 0 Å². The van der Waals surface area contributed by atoms with E-state index in [4.69, 9.17) is 9.52 Å². The summed E-state index contributed by atoms with van der Waals surface area (Å²) in [6, 6.07) is 1.39. The van der Waals surface area contributed by atoms with E-state index in [1.165, 1.54) is 18.9 Å². The summed E-state index contributed by atoms with van der Waals surface area (Å²) in [7, 11) is -3.57. The second kappa shape index (κ2) is 5.87. The maximum atomic E-state index is 12.3. The predicted octanol–water partition coefficient (Wildman–Crippen LogP) is 2.33. The minimum atomic E-state index is -3.57. The molecule has 0 saturated heterocycles. The molecule has 20 heavy (non-hydrogen) atoms. The molecule has 0 atom stereocenters. The molecule has 1 aromatic rings. The molecule has 1 heterocycles. The highest BCUT2D eigenvalue weighted by Crippen LogP contribution is 2.40. The largest absolute Gasteiger partial charge is 0.462 e. The van der Waals surface area contributed by atoms with Gasteiger partial charge in [-0.05, 0) is 31.6 Å². The number of furan rings is 1. The summed E-state index contributed by atoms with van der Waals surface area (Å²) in [5.41, 5.74) is 0.102. The minimum absolute atomic E-state index is 0.102. The Kier molecular flexibility index (Phi) is 4.56. The molecule has 0 bridgehead atoms. The van der Waals surface area contributed by atoms with Crippen molar-refractivity contribution in [2.24, 2.45) is 5.41 Å². The third-order valence-corrected chi connectivity index (χ3v) is 5.93. The van der Waals surface area contributed by atoms with Crippen LogP contribution in [0.25, 0.3) is 0 Å². The fourth-order valence-electron chi connectivity index (χ4n) is 2.98. The van der Waals surface area contributed by atoms with Gasteiger partial charge >= 0.3 is 0 Å². The number of aliphatic hydroxyl groups excluding tert-OH is 1. The maximum absolute atomic E-state index is 12.3. The molecule has 0 spiro atoms. The molecule has 6 heteroatoms. The molecule has 2 rings (SSSR count). The number of sulfonamides is 1. The number of nitrogens with one attached hydrogen (secondary N) is 1. The van der Waals surface area contributed by atoms with Crippen LogP contribution in [0.4, 0.5) is 0 Å². The summed E-state index contributed by atoms with van der Waals surface area (Å²) in [6.45, 7) is 3.89. The van der Waals surface area contributed by atoms with Gasteiger partial charge in [-0.1, -0.05) is 19.8 Å². The van der Waals surface area contributed by atoms with E-state index in [1.54, 1.807) is 6.92 Å². The molecule has 114 valence electrons. The zero-order valence-corrected chi connectivity index (χ0v) is 12.9. The van der Waals surface area contributed by atoms with E-state index < -0.39 is 10.0 Å². The molecule has 5 nitrogen and oxygen atoms in total. The van der Waals surface area contributed by atoms with Crippen LogP contribution in [0.5, 0.6) is 0 Å². The maximum Gasteiger partial charge on any atom is 0.244 e. The topological polar surface area (TPSA) is 79.5 Å². The Morgan fingerprint density at radius 2 is 2.05 bits per heavy atom. The van der Waals surface area contributed by atoms with Gasteiger partial charge in [-0.2, -0.15) is 0 Å². The Labute approximate surface area is 120 Å². The van der Waals surface area contributed by atoms with Crippen LogP contribution in [0.2, 0.25) is 0 Å². The lowest BCUT2D eigenvalue weighted by Gasteiger charge is -2.27. The average molecular weight is 301 g/mol. The van der Waals surface area contributed by atoms with Crippen LogP contribution in [-0.2, 0) is 16.6 Å². The average Bonchev–Trinajstić information content (AvgIpc) is 3.04. The number of rotatable bonds is 6. The highest BCUT2D eigenvalue weighted by Gasteiger charge is 2.34. The van der Waals surface area contributed by atoms with Crippen LogP contribution in [0.1, 0.15) is 50.5 Å². The number of aryl methyl sites for hydroxylation is 1. The Morgan fingerprint density at radius 1 is 1.40 bits per heavy atom. The molecule has 1 saturated carbocycles. The molecular formula is C14H23NO4S. The lowest BCUT2D eigenvalue weighted by atomic mass is 9.84. The molecule has 2 N–H and O–H groups in total. The summed E-state index contributed by atoms with van der Waals surface area (Å²) in [5, 5.41) is 9.01. The fourth-order valence-corrected chi connectivity index (χ4v) is 4.33. The van der Waals surface area contributed by atoms with Crippen molar-refractivity contribution in [1.82, 2.24) is 4.72 Å². The quantitative estimate of drug-likeness (QED) is 0.845. The Hall–Kier alpha value is -0.850. The first-order chi connectivity index (χ1) is 9.42. The van der Waals surface area contributed by atoms with Crippen molar-refractivity contribution in [1.29, 1.82) is 0 Å². The van der Waals surface area contributed by atoms with E-state index in [1.807, 2.05) is 0 Å². The highest BCUT2D eigenvalue weighted by atomic mass is 32.2. The van der Waals surface area contributed by atoms with Crippen molar-refractivity contribution in [3.8, 4) is 0 Å². The Balaban J connectivity index is 2.12. The molecule has 0 amide bonds. The predicted molar refractivity (Wildman–Crippen MR) is 75.7 cm³/mol. The monoisotopic (exact) mass is 301 g/mol. The SMILES string of the molecule is CCC1(CNS(=O)(=O)c2cc(CO)oc2C)CCCC1. The van der Waals surface area contributed by atoms with Gasteiger partial charge in [0.05, 0.1) is 0 Å². The highest BCUT2D eigenvalue weighted by molar-refractivity contribution is 7.89. The second-order valence-electron chi connectivity index (χ2n) is 5.68. The molecule has 0 radical (unpaired) electrons. The minimum Gasteiger partial charge on any atom is -0.462 e. The van der Waals surface area contributed by atoms with E-state index in [9.17, 15) is 8.42 Å². The van der Waals surface area contributed by atoms with E-state index in [-0.39, 0.29) is 22.7 Å². The van der Waals surface area contributed by atoms with Gasteiger partial charge in [-0.15, -0.1) is 0 Å². The van der Waals surface area contributed by atoms with Crippen molar-refractivity contribution < 1.29 is 17.9 Å². The summed E-state index contributed by atoms with van der Waals surface area (Å²) >= 11 is 0. The van der Waals surface area contributed by atoms with Crippen molar-refractivity contribution in [3.63, 3.8) is 0 Å². The van der Waals surface area contributed by atoms with Gasteiger partial charge < -0.3 is 9.52 Å². The molecule has 1 aliphatic carbocycles. The lowest BCUT2D eigenvalue weighted by molar-refractivity contribution is 0.244. The van der Waals surface area contributed by atoms with Crippen LogP contribution in [0.3, 0.4) is 0 Å². The van der Waals surface area contributed by atoms with E-state index in [0.717, 1.165) is 19.3 Å². The van der Waals surface area contributed by atoms with Crippen LogP contribution >= 0.6 is 0 Å². The molecular weight excluding hydrogens is 278 g/mol. The van der Waals surface area contributed by atoms with Crippen LogP contribution in [-0.4, -0.2) is 20.1 Å². The first-order valence-corrected chi connectivity index (χ1v) is 8.60. The summed E-state index contributed by atoms with van der Waals surface area (Å²) in [5.74, 6) is 0.590. The summed E-state index contributed by atoms with van der Waals surface area (Å²) in [6.07, 6.45) is 5.50. The van der Waals surface area contributed by atoms with Crippen molar-refractivity contribution in [3.05, 3.63) is 17.6 Å². The summed E-state index contributed by atoms with van der Waals surface area (Å²) in [4.78, 5) is 0.130. The summed E-state index contributed by atoms with van der Waals surface area (Å²) < 4.78 is 32.6. The van der Waals surface area contributed by atoms with Crippen molar-refractivity contribution in [2.75, 3.05) is 6.54 Å². The molecule has 1 fully saturated rings. The van der Waals surface area contributed by atoms with Gasteiger partial charge in [0.15, 0.2) is 0 Å². The third-order valence-electron chi connectivity index (χ3n) is 4.42. The molecule has 0 unspecified atom stereocenters. The standard InChI is InChI=1S/C14H23NO4S/c1-3-14(6-4-5-7-14)10-15-20(17,18)13-8-12(9-16)19-11(13)2/h8,15-16H,3-7,9-10H2,1-2H3. The van der Waals surface area contributed by atoms with Crippen LogP contribution in [0, 0.1) is 12.3 Å². The smallest absolute Gasteiger partial charge is 0.244 e. The third kappa shape index (κ3) is 3.07. The van der Waals surface area contributed by atoms with Gasteiger partial charge in [0, 0.05) is 12.6 Å². The first kappa shape index (κ1) is 15.5. The van der Waals surface area contributed by atoms with Crippen LogP contribution in [0.15, 0.2) is 15.4 Å². The zero-order chi connectivity index (χ0) is 14.8. The molecule has 1 aromatic heterocycles. The Morgan fingerprint density at radius 3 is 2.55 bits per heavy atom. The number of hydrogen-bond donors (Lipinski definition) is 2. The van der Waals surface area contributed by atoms with E-state index >= 15 is 0 Å². The van der Waals surface area contributed by atoms with E-state index in [0.29, 0.717) is 12.3 Å². The zero-order valence-electron chi connectivity index (χ0n) is 12.1.